The van der Waals surface area contributed by atoms with Crippen molar-refractivity contribution in [2.75, 3.05) is 7.11 Å². The van der Waals surface area contributed by atoms with Crippen LogP contribution in [0.3, 0.4) is 0 Å². The highest BCUT2D eigenvalue weighted by molar-refractivity contribution is 7.09. The third-order valence-corrected chi connectivity index (χ3v) is 7.97. The van der Waals surface area contributed by atoms with E-state index in [2.05, 4.69) is 46.6 Å². The SMILES string of the molecule is CCC[C@H](NC(=O)c1ccc2c(c1)nc(Cc1cccs1)n2C(CC)CC)C(=O)NCc1ccccc1OC. The second-order valence-corrected chi connectivity index (χ2v) is 10.7. The van der Waals surface area contributed by atoms with Gasteiger partial charge >= 0.3 is 0 Å². The third kappa shape index (κ3) is 6.68. The number of carbonyl (C=O) groups excluding carboxylic acids is 2. The number of nitrogens with one attached hydrogen (secondary N) is 2. The van der Waals surface area contributed by atoms with E-state index in [1.807, 2.05) is 49.4 Å². The molecule has 39 heavy (non-hydrogen) atoms. The summed E-state index contributed by atoms with van der Waals surface area (Å²) in [4.78, 5) is 32.6. The summed E-state index contributed by atoms with van der Waals surface area (Å²) in [6.07, 6.45) is 4.07. The Balaban J connectivity index is 1.53. The van der Waals surface area contributed by atoms with E-state index < -0.39 is 6.04 Å². The van der Waals surface area contributed by atoms with Crippen LogP contribution in [-0.2, 0) is 17.8 Å². The van der Waals surface area contributed by atoms with Gasteiger partial charge in [-0.3, -0.25) is 9.59 Å². The average Bonchev–Trinajstić information content (AvgIpc) is 3.60. The van der Waals surface area contributed by atoms with Gasteiger partial charge in [0, 0.05) is 35.0 Å². The number of carbonyl (C=O) groups is 2. The Kier molecular flexibility index (Phi) is 9.76. The van der Waals surface area contributed by atoms with Crippen molar-refractivity contribution in [3.8, 4) is 5.75 Å². The highest BCUT2D eigenvalue weighted by Crippen LogP contribution is 2.28. The highest BCUT2D eigenvalue weighted by atomic mass is 32.1. The van der Waals surface area contributed by atoms with Crippen LogP contribution < -0.4 is 15.4 Å². The van der Waals surface area contributed by atoms with Crippen molar-refractivity contribution < 1.29 is 14.3 Å². The zero-order valence-corrected chi connectivity index (χ0v) is 24.0. The van der Waals surface area contributed by atoms with Crippen molar-refractivity contribution >= 4 is 34.2 Å². The molecule has 0 radical (unpaired) electrons. The summed E-state index contributed by atoms with van der Waals surface area (Å²) in [5, 5.41) is 7.99. The molecule has 2 amide bonds. The van der Waals surface area contributed by atoms with E-state index >= 15 is 0 Å². The minimum Gasteiger partial charge on any atom is -0.496 e. The van der Waals surface area contributed by atoms with Crippen molar-refractivity contribution in [3.05, 3.63) is 81.8 Å². The average molecular weight is 547 g/mol. The lowest BCUT2D eigenvalue weighted by Crippen LogP contribution is -2.46. The number of imidazole rings is 1. The fourth-order valence-electron chi connectivity index (χ4n) is 5.00. The Labute approximate surface area is 234 Å². The van der Waals surface area contributed by atoms with Crippen LogP contribution in [0.5, 0.6) is 5.75 Å². The number of thiophene rings is 1. The number of para-hydroxylation sites is 1. The van der Waals surface area contributed by atoms with Crippen molar-refractivity contribution in [1.29, 1.82) is 0 Å². The minimum atomic E-state index is -0.635. The maximum Gasteiger partial charge on any atom is 0.252 e. The van der Waals surface area contributed by atoms with Crippen molar-refractivity contribution in [2.24, 2.45) is 0 Å². The zero-order valence-electron chi connectivity index (χ0n) is 23.2. The zero-order chi connectivity index (χ0) is 27.8. The molecule has 0 fully saturated rings. The predicted molar refractivity (Wildman–Crippen MR) is 157 cm³/mol. The molecule has 206 valence electrons. The molecule has 0 aliphatic rings. The van der Waals surface area contributed by atoms with Gasteiger partial charge in [0.05, 0.1) is 18.1 Å². The van der Waals surface area contributed by atoms with Crippen molar-refractivity contribution in [3.63, 3.8) is 0 Å². The van der Waals surface area contributed by atoms with Gasteiger partial charge in [-0.1, -0.05) is 51.5 Å². The van der Waals surface area contributed by atoms with E-state index in [-0.39, 0.29) is 11.8 Å². The van der Waals surface area contributed by atoms with Crippen molar-refractivity contribution in [1.82, 2.24) is 20.2 Å². The number of methoxy groups -OCH3 is 1. The Hall–Kier alpha value is -3.65. The Bertz CT molecular complexity index is 1390. The van der Waals surface area contributed by atoms with Gasteiger partial charge in [0.1, 0.15) is 17.6 Å². The molecule has 0 bridgehead atoms. The second-order valence-electron chi connectivity index (χ2n) is 9.67. The van der Waals surface area contributed by atoms with Gasteiger partial charge in [-0.25, -0.2) is 4.98 Å². The first-order valence-corrected chi connectivity index (χ1v) is 14.6. The fourth-order valence-corrected chi connectivity index (χ4v) is 5.70. The molecular weight excluding hydrogens is 508 g/mol. The van der Waals surface area contributed by atoms with Crippen LogP contribution in [0.2, 0.25) is 0 Å². The number of benzene rings is 2. The number of nitrogens with zero attached hydrogens (tertiary/aromatic N) is 2. The molecular formula is C31H38N4O3S. The number of aromatic nitrogens is 2. The number of hydrogen-bond acceptors (Lipinski definition) is 5. The molecule has 0 aliphatic carbocycles. The standard InChI is InChI=1S/C31H38N4O3S/c1-5-11-25(31(37)32-20-22-12-8-9-14-28(22)38-4)34-30(36)21-15-16-27-26(18-21)33-29(19-24-13-10-17-39-24)35(27)23(6-2)7-3/h8-10,12-18,23,25H,5-7,11,19-20H2,1-4H3,(H,32,37)(H,34,36)/t25-/m0/s1. The van der Waals surface area contributed by atoms with Crippen molar-refractivity contribution in [2.45, 2.75) is 71.5 Å². The summed E-state index contributed by atoms with van der Waals surface area (Å²) in [7, 11) is 1.61. The number of rotatable bonds is 13. The van der Waals surface area contributed by atoms with Crippen LogP contribution in [0.15, 0.2) is 60.0 Å². The summed E-state index contributed by atoms with van der Waals surface area (Å²) < 4.78 is 7.72. The third-order valence-electron chi connectivity index (χ3n) is 7.09. The smallest absolute Gasteiger partial charge is 0.252 e. The highest BCUT2D eigenvalue weighted by Gasteiger charge is 2.23. The van der Waals surface area contributed by atoms with Crippen LogP contribution in [0.1, 0.15) is 79.1 Å². The summed E-state index contributed by atoms with van der Waals surface area (Å²) in [5.74, 6) is 1.24. The molecule has 0 spiro atoms. The molecule has 0 unspecified atom stereocenters. The van der Waals surface area contributed by atoms with Crippen LogP contribution >= 0.6 is 11.3 Å². The van der Waals surface area contributed by atoms with E-state index in [9.17, 15) is 9.59 Å². The molecule has 2 N–H and O–H groups in total. The number of fused-ring (bicyclic) bond motifs is 1. The van der Waals surface area contributed by atoms with E-state index in [1.165, 1.54) is 4.88 Å². The van der Waals surface area contributed by atoms with E-state index in [0.717, 1.165) is 48.1 Å². The maximum absolute atomic E-state index is 13.3. The normalized spacial score (nSPS) is 12.0. The van der Waals surface area contributed by atoms with Gasteiger partial charge in [0.2, 0.25) is 5.91 Å². The van der Waals surface area contributed by atoms with Gasteiger partial charge in [0.25, 0.3) is 5.91 Å². The van der Waals surface area contributed by atoms with Gasteiger partial charge in [-0.15, -0.1) is 11.3 Å². The minimum absolute atomic E-state index is 0.214. The van der Waals surface area contributed by atoms with Crippen LogP contribution in [0.4, 0.5) is 0 Å². The molecule has 2 aromatic heterocycles. The molecule has 0 saturated heterocycles. The lowest BCUT2D eigenvalue weighted by Gasteiger charge is -2.19. The van der Waals surface area contributed by atoms with Gasteiger partial charge in [-0.05, 0) is 55.0 Å². The topological polar surface area (TPSA) is 85.2 Å². The molecule has 4 rings (SSSR count). The quantitative estimate of drug-likeness (QED) is 0.207. The van der Waals surface area contributed by atoms with Gasteiger partial charge in [-0.2, -0.15) is 0 Å². The van der Waals surface area contributed by atoms with E-state index in [1.54, 1.807) is 18.4 Å². The fraction of sp³-hybridized carbons (Fsp3) is 0.387. The van der Waals surface area contributed by atoms with Crippen LogP contribution in [0, 0.1) is 0 Å². The van der Waals surface area contributed by atoms with Gasteiger partial charge in [0.15, 0.2) is 0 Å². The maximum atomic E-state index is 13.3. The van der Waals surface area contributed by atoms with E-state index in [0.29, 0.717) is 30.3 Å². The molecule has 7 nitrogen and oxygen atoms in total. The first kappa shape index (κ1) is 28.4. The Morgan fingerprint density at radius 2 is 1.85 bits per heavy atom. The molecule has 2 heterocycles. The van der Waals surface area contributed by atoms with Gasteiger partial charge < -0.3 is 19.9 Å². The Morgan fingerprint density at radius 1 is 1.05 bits per heavy atom. The molecule has 8 heteroatoms. The van der Waals surface area contributed by atoms with E-state index in [4.69, 9.17) is 9.72 Å². The molecule has 1 atom stereocenters. The lowest BCUT2D eigenvalue weighted by molar-refractivity contribution is -0.123. The Morgan fingerprint density at radius 3 is 2.54 bits per heavy atom. The first-order valence-electron chi connectivity index (χ1n) is 13.7. The number of hydrogen-bond donors (Lipinski definition) is 2. The largest absolute Gasteiger partial charge is 0.496 e. The summed E-state index contributed by atoms with van der Waals surface area (Å²) in [6, 6.07) is 17.1. The summed E-state index contributed by atoms with van der Waals surface area (Å²) >= 11 is 1.73. The molecule has 2 aromatic carbocycles. The molecule has 0 saturated carbocycles. The summed E-state index contributed by atoms with van der Waals surface area (Å²) in [6.45, 7) is 6.72. The molecule has 0 aliphatic heterocycles. The van der Waals surface area contributed by atoms with Crippen LogP contribution in [-0.4, -0.2) is 34.5 Å². The summed E-state index contributed by atoms with van der Waals surface area (Å²) in [5.41, 5.74) is 3.21. The first-order chi connectivity index (χ1) is 19.0. The van der Waals surface area contributed by atoms with Crippen LogP contribution in [0.25, 0.3) is 11.0 Å². The number of ether oxygens (including phenoxy) is 1. The second kappa shape index (κ2) is 13.4. The lowest BCUT2D eigenvalue weighted by atomic mass is 10.1. The predicted octanol–water partition coefficient (Wildman–Crippen LogP) is 6.27. The number of amides is 2. The monoisotopic (exact) mass is 546 g/mol. The molecule has 4 aromatic rings.